The normalized spacial score (nSPS) is 9.73. The van der Waals surface area contributed by atoms with E-state index in [1.54, 1.807) is 19.3 Å². The van der Waals surface area contributed by atoms with Crippen molar-refractivity contribution in [2.75, 3.05) is 19.0 Å². The predicted octanol–water partition coefficient (Wildman–Crippen LogP) is 2.04. The number of ether oxygens (including phenoxy) is 1. The lowest BCUT2D eigenvalue weighted by atomic mass is 10.3. The van der Waals surface area contributed by atoms with Gasteiger partial charge in [0.15, 0.2) is 0 Å². The average molecular weight is 207 g/mol. The van der Waals surface area contributed by atoms with Crippen molar-refractivity contribution in [2.45, 2.75) is 19.8 Å². The summed E-state index contributed by atoms with van der Waals surface area (Å²) in [5.74, 6) is 2.19. The van der Waals surface area contributed by atoms with E-state index < -0.39 is 0 Å². The lowest BCUT2D eigenvalue weighted by molar-refractivity contribution is 0.395. The molecule has 1 rings (SSSR count). The van der Waals surface area contributed by atoms with E-state index in [9.17, 15) is 0 Å². The van der Waals surface area contributed by atoms with Crippen LogP contribution in [0.3, 0.4) is 0 Å². The molecule has 0 saturated carbocycles. The SMILES string of the molecule is C=CCNc1cc(OC)nc(CCC)n1. The molecule has 0 saturated heterocycles. The van der Waals surface area contributed by atoms with Gasteiger partial charge < -0.3 is 10.1 Å². The van der Waals surface area contributed by atoms with E-state index in [0.29, 0.717) is 12.4 Å². The van der Waals surface area contributed by atoms with E-state index in [1.165, 1.54) is 0 Å². The first kappa shape index (κ1) is 11.5. The van der Waals surface area contributed by atoms with Crippen molar-refractivity contribution < 1.29 is 4.74 Å². The molecule has 1 heterocycles. The van der Waals surface area contributed by atoms with Crippen molar-refractivity contribution in [3.63, 3.8) is 0 Å². The summed E-state index contributed by atoms with van der Waals surface area (Å²) in [6.45, 7) is 6.42. The Hall–Kier alpha value is -1.58. The van der Waals surface area contributed by atoms with Gasteiger partial charge in [-0.3, -0.25) is 0 Å². The van der Waals surface area contributed by atoms with Gasteiger partial charge in [0.1, 0.15) is 11.6 Å². The summed E-state index contributed by atoms with van der Waals surface area (Å²) in [5, 5.41) is 3.12. The third kappa shape index (κ3) is 3.58. The van der Waals surface area contributed by atoms with Crippen LogP contribution in [0.1, 0.15) is 19.2 Å². The maximum atomic E-state index is 5.10. The summed E-state index contributed by atoms with van der Waals surface area (Å²) < 4.78 is 5.10. The molecule has 0 aliphatic rings. The molecule has 0 amide bonds. The Labute approximate surface area is 90.4 Å². The second kappa shape index (κ2) is 6.01. The zero-order valence-electron chi connectivity index (χ0n) is 9.29. The lowest BCUT2D eigenvalue weighted by Gasteiger charge is -2.07. The van der Waals surface area contributed by atoms with Crippen LogP contribution >= 0.6 is 0 Å². The molecule has 4 heteroatoms. The number of nitrogens with zero attached hydrogens (tertiary/aromatic N) is 2. The minimum atomic E-state index is 0.597. The Morgan fingerprint density at radius 2 is 2.33 bits per heavy atom. The number of aromatic nitrogens is 2. The van der Waals surface area contributed by atoms with E-state index in [2.05, 4.69) is 28.8 Å². The van der Waals surface area contributed by atoms with Gasteiger partial charge in [-0.25, -0.2) is 4.98 Å². The second-order valence-corrected chi connectivity index (χ2v) is 3.13. The fraction of sp³-hybridized carbons (Fsp3) is 0.455. The molecule has 4 nitrogen and oxygen atoms in total. The van der Waals surface area contributed by atoms with Crippen LogP contribution in [-0.2, 0) is 6.42 Å². The molecular formula is C11H17N3O. The highest BCUT2D eigenvalue weighted by molar-refractivity contribution is 5.38. The Morgan fingerprint density at radius 1 is 1.53 bits per heavy atom. The summed E-state index contributed by atoms with van der Waals surface area (Å²) >= 11 is 0. The standard InChI is InChI=1S/C11H17N3O/c1-4-6-9-13-10(12-7-5-2)8-11(14-9)15-3/h5,8H,2,4,6-7H2,1,3H3,(H,12,13,14). The molecule has 15 heavy (non-hydrogen) atoms. The van der Waals surface area contributed by atoms with Crippen LogP contribution in [0.2, 0.25) is 0 Å². The highest BCUT2D eigenvalue weighted by Crippen LogP contribution is 2.13. The Bertz CT molecular complexity index is 326. The minimum Gasteiger partial charge on any atom is -0.481 e. The quantitative estimate of drug-likeness (QED) is 0.725. The first-order valence-electron chi connectivity index (χ1n) is 5.06. The average Bonchev–Trinajstić information content (AvgIpc) is 2.26. The molecule has 1 N–H and O–H groups in total. The number of aryl methyl sites for hydroxylation is 1. The number of rotatable bonds is 6. The minimum absolute atomic E-state index is 0.597. The summed E-state index contributed by atoms with van der Waals surface area (Å²) in [5.41, 5.74) is 0. The summed E-state index contributed by atoms with van der Waals surface area (Å²) in [6.07, 6.45) is 3.67. The molecule has 0 aliphatic carbocycles. The van der Waals surface area contributed by atoms with Crippen LogP contribution < -0.4 is 10.1 Å². The number of hydrogen-bond acceptors (Lipinski definition) is 4. The van der Waals surface area contributed by atoms with Crippen molar-refractivity contribution in [1.29, 1.82) is 0 Å². The largest absolute Gasteiger partial charge is 0.481 e. The third-order valence-corrected chi connectivity index (χ3v) is 1.86. The highest BCUT2D eigenvalue weighted by Gasteiger charge is 2.03. The van der Waals surface area contributed by atoms with Crippen LogP contribution in [0.15, 0.2) is 18.7 Å². The van der Waals surface area contributed by atoms with Gasteiger partial charge in [-0.2, -0.15) is 4.98 Å². The first-order valence-corrected chi connectivity index (χ1v) is 5.06. The van der Waals surface area contributed by atoms with Gasteiger partial charge in [-0.05, 0) is 6.42 Å². The van der Waals surface area contributed by atoms with Gasteiger partial charge >= 0.3 is 0 Å². The Kier molecular flexibility index (Phi) is 4.60. The van der Waals surface area contributed by atoms with Gasteiger partial charge in [0.2, 0.25) is 5.88 Å². The maximum Gasteiger partial charge on any atom is 0.218 e. The van der Waals surface area contributed by atoms with Crippen LogP contribution in [0.4, 0.5) is 5.82 Å². The van der Waals surface area contributed by atoms with Crippen molar-refractivity contribution in [1.82, 2.24) is 9.97 Å². The van der Waals surface area contributed by atoms with Crippen LogP contribution in [0.25, 0.3) is 0 Å². The van der Waals surface area contributed by atoms with E-state index in [0.717, 1.165) is 24.5 Å². The molecule has 0 aliphatic heterocycles. The summed E-state index contributed by atoms with van der Waals surface area (Å²) in [6, 6.07) is 1.78. The first-order chi connectivity index (χ1) is 7.30. The molecule has 1 aromatic rings. The maximum absolute atomic E-state index is 5.10. The molecule has 0 spiro atoms. The Morgan fingerprint density at radius 3 is 2.93 bits per heavy atom. The van der Waals surface area contributed by atoms with E-state index in [1.807, 2.05) is 0 Å². The second-order valence-electron chi connectivity index (χ2n) is 3.13. The van der Waals surface area contributed by atoms with E-state index >= 15 is 0 Å². The fourth-order valence-electron chi connectivity index (χ4n) is 1.18. The number of methoxy groups -OCH3 is 1. The predicted molar refractivity (Wildman–Crippen MR) is 61.3 cm³/mol. The molecule has 1 aromatic heterocycles. The topological polar surface area (TPSA) is 47.0 Å². The van der Waals surface area contributed by atoms with E-state index in [-0.39, 0.29) is 0 Å². The van der Waals surface area contributed by atoms with Gasteiger partial charge in [0, 0.05) is 19.0 Å². The van der Waals surface area contributed by atoms with Crippen LogP contribution in [0, 0.1) is 0 Å². The third-order valence-electron chi connectivity index (χ3n) is 1.86. The van der Waals surface area contributed by atoms with Crippen molar-refractivity contribution >= 4 is 5.82 Å². The summed E-state index contributed by atoms with van der Waals surface area (Å²) in [4.78, 5) is 8.61. The molecule has 0 fully saturated rings. The Balaban J connectivity index is 2.84. The zero-order chi connectivity index (χ0) is 11.1. The van der Waals surface area contributed by atoms with Crippen molar-refractivity contribution in [2.24, 2.45) is 0 Å². The van der Waals surface area contributed by atoms with Crippen LogP contribution in [0.5, 0.6) is 5.88 Å². The molecule has 0 unspecified atom stereocenters. The van der Waals surface area contributed by atoms with Gasteiger partial charge in [-0.1, -0.05) is 13.0 Å². The van der Waals surface area contributed by atoms with Crippen molar-refractivity contribution in [3.05, 3.63) is 24.5 Å². The summed E-state index contributed by atoms with van der Waals surface area (Å²) in [7, 11) is 1.61. The number of nitrogens with one attached hydrogen (secondary N) is 1. The van der Waals surface area contributed by atoms with Gasteiger partial charge in [0.05, 0.1) is 7.11 Å². The highest BCUT2D eigenvalue weighted by atomic mass is 16.5. The molecule has 0 bridgehead atoms. The number of anilines is 1. The van der Waals surface area contributed by atoms with Gasteiger partial charge in [0.25, 0.3) is 0 Å². The number of hydrogen-bond donors (Lipinski definition) is 1. The van der Waals surface area contributed by atoms with Gasteiger partial charge in [-0.15, -0.1) is 6.58 Å². The van der Waals surface area contributed by atoms with Crippen LogP contribution in [-0.4, -0.2) is 23.6 Å². The molecular weight excluding hydrogens is 190 g/mol. The molecule has 0 radical (unpaired) electrons. The monoisotopic (exact) mass is 207 g/mol. The molecule has 0 aromatic carbocycles. The zero-order valence-corrected chi connectivity index (χ0v) is 9.29. The fourth-order valence-corrected chi connectivity index (χ4v) is 1.18. The lowest BCUT2D eigenvalue weighted by Crippen LogP contribution is -2.05. The smallest absolute Gasteiger partial charge is 0.218 e. The molecule has 82 valence electrons. The van der Waals surface area contributed by atoms with Crippen molar-refractivity contribution in [3.8, 4) is 5.88 Å². The van der Waals surface area contributed by atoms with E-state index in [4.69, 9.17) is 4.74 Å². The molecule has 0 atom stereocenters.